The molecule has 0 bridgehead atoms. The molecule has 0 saturated carbocycles. The summed E-state index contributed by atoms with van der Waals surface area (Å²) in [5.74, 6) is 0. The van der Waals surface area contributed by atoms with Crippen molar-refractivity contribution < 1.29 is 0 Å². The number of aryl methyl sites for hydroxylation is 2. The van der Waals surface area contributed by atoms with Crippen molar-refractivity contribution in [2.24, 2.45) is 0 Å². The van der Waals surface area contributed by atoms with Crippen LogP contribution < -0.4 is 10.6 Å². The third-order valence-electron chi connectivity index (χ3n) is 4.51. The second kappa shape index (κ2) is 6.21. The molecule has 2 aromatic carbocycles. The number of benzene rings is 2. The van der Waals surface area contributed by atoms with E-state index in [-0.39, 0.29) is 0 Å². The molecule has 0 radical (unpaired) electrons. The van der Waals surface area contributed by atoms with Gasteiger partial charge in [-0.1, -0.05) is 30.3 Å². The lowest BCUT2D eigenvalue weighted by Gasteiger charge is -2.37. The molecule has 1 atom stereocenters. The summed E-state index contributed by atoms with van der Waals surface area (Å²) in [5.41, 5.74) is 10.9. The highest BCUT2D eigenvalue weighted by molar-refractivity contribution is 5.56. The van der Waals surface area contributed by atoms with Crippen LogP contribution in [0.1, 0.15) is 30.9 Å². The van der Waals surface area contributed by atoms with Crippen LogP contribution in [-0.4, -0.2) is 12.6 Å². The van der Waals surface area contributed by atoms with E-state index < -0.39 is 0 Å². The Hall–Kier alpha value is -1.96. The summed E-state index contributed by atoms with van der Waals surface area (Å²) in [6.07, 6.45) is 4.78. The van der Waals surface area contributed by atoms with Crippen molar-refractivity contribution in [1.82, 2.24) is 0 Å². The van der Waals surface area contributed by atoms with E-state index in [1.54, 1.807) is 0 Å². The van der Waals surface area contributed by atoms with E-state index >= 15 is 0 Å². The van der Waals surface area contributed by atoms with Gasteiger partial charge >= 0.3 is 0 Å². The molecular weight excluding hydrogens is 256 g/mol. The fraction of sp³-hybridized carbons (Fsp3) is 0.368. The maximum absolute atomic E-state index is 5.74. The van der Waals surface area contributed by atoms with E-state index in [0.29, 0.717) is 6.04 Å². The fourth-order valence-corrected chi connectivity index (χ4v) is 3.24. The lowest BCUT2D eigenvalue weighted by atomic mass is 9.96. The summed E-state index contributed by atoms with van der Waals surface area (Å²) in [5, 5.41) is 0. The van der Waals surface area contributed by atoms with Gasteiger partial charge in [-0.3, -0.25) is 0 Å². The minimum absolute atomic E-state index is 0.645. The highest BCUT2D eigenvalue weighted by atomic mass is 15.2. The lowest BCUT2D eigenvalue weighted by molar-refractivity contribution is 0.552. The first-order valence-corrected chi connectivity index (χ1v) is 7.93. The van der Waals surface area contributed by atoms with Crippen LogP contribution in [0.4, 0.5) is 11.4 Å². The molecule has 0 amide bonds. The van der Waals surface area contributed by atoms with Gasteiger partial charge in [-0.25, -0.2) is 0 Å². The molecule has 0 aromatic heterocycles. The third kappa shape index (κ3) is 3.21. The number of nitrogens with zero attached hydrogens (tertiary/aromatic N) is 1. The predicted molar refractivity (Wildman–Crippen MR) is 90.7 cm³/mol. The van der Waals surface area contributed by atoms with Gasteiger partial charge in [-0.15, -0.1) is 0 Å². The minimum Gasteiger partial charge on any atom is -0.399 e. The van der Waals surface area contributed by atoms with Crippen molar-refractivity contribution in [3.05, 3.63) is 59.7 Å². The maximum Gasteiger partial charge on any atom is 0.0401 e. The van der Waals surface area contributed by atoms with Crippen molar-refractivity contribution in [1.29, 1.82) is 0 Å². The number of hydrogen-bond donors (Lipinski definition) is 1. The largest absolute Gasteiger partial charge is 0.399 e. The van der Waals surface area contributed by atoms with Crippen molar-refractivity contribution in [2.45, 2.75) is 38.6 Å². The van der Waals surface area contributed by atoms with Crippen LogP contribution in [0.15, 0.2) is 48.5 Å². The van der Waals surface area contributed by atoms with Gasteiger partial charge in [0.1, 0.15) is 0 Å². The Balaban J connectivity index is 1.63. The van der Waals surface area contributed by atoms with E-state index in [1.165, 1.54) is 36.1 Å². The van der Waals surface area contributed by atoms with Crippen LogP contribution in [0, 0.1) is 0 Å². The zero-order valence-corrected chi connectivity index (χ0v) is 12.8. The zero-order valence-electron chi connectivity index (χ0n) is 12.8. The summed E-state index contributed by atoms with van der Waals surface area (Å²) in [6.45, 7) is 3.47. The SMILES string of the molecule is CC1CCc2ccccc2N1CCCc1ccc(N)cc1. The van der Waals surface area contributed by atoms with Crippen LogP contribution in [0.2, 0.25) is 0 Å². The Kier molecular flexibility index (Phi) is 4.14. The Labute approximate surface area is 127 Å². The van der Waals surface area contributed by atoms with Gasteiger partial charge in [0.05, 0.1) is 0 Å². The van der Waals surface area contributed by atoms with E-state index in [4.69, 9.17) is 5.73 Å². The molecule has 0 aliphatic carbocycles. The molecule has 2 aromatic rings. The molecule has 2 nitrogen and oxygen atoms in total. The first-order chi connectivity index (χ1) is 10.2. The standard InChI is InChI=1S/C19H24N2/c1-15-8-11-17-6-2-3-7-19(17)21(15)14-4-5-16-9-12-18(20)13-10-16/h2-3,6-7,9-10,12-13,15H,4-5,8,11,14,20H2,1H3. The smallest absolute Gasteiger partial charge is 0.0401 e. The van der Waals surface area contributed by atoms with Crippen molar-refractivity contribution in [3.8, 4) is 0 Å². The second-order valence-electron chi connectivity index (χ2n) is 6.05. The molecule has 1 heterocycles. The molecule has 0 spiro atoms. The molecule has 21 heavy (non-hydrogen) atoms. The van der Waals surface area contributed by atoms with Crippen LogP contribution >= 0.6 is 0 Å². The molecule has 110 valence electrons. The van der Waals surface area contributed by atoms with Crippen molar-refractivity contribution in [3.63, 3.8) is 0 Å². The third-order valence-corrected chi connectivity index (χ3v) is 4.51. The predicted octanol–water partition coefficient (Wildman–Crippen LogP) is 4.04. The lowest BCUT2D eigenvalue weighted by Crippen LogP contribution is -2.38. The normalized spacial score (nSPS) is 17.6. The summed E-state index contributed by atoms with van der Waals surface area (Å²) in [6, 6.07) is 17.8. The van der Waals surface area contributed by atoms with Gasteiger partial charge < -0.3 is 10.6 Å². The van der Waals surface area contributed by atoms with Crippen LogP contribution in [0.3, 0.4) is 0 Å². The van der Waals surface area contributed by atoms with Gasteiger partial charge in [0.25, 0.3) is 0 Å². The van der Waals surface area contributed by atoms with E-state index in [1.807, 2.05) is 12.1 Å². The number of nitrogens with two attached hydrogens (primary N) is 1. The number of nitrogen functional groups attached to an aromatic ring is 1. The Morgan fingerprint density at radius 2 is 1.86 bits per heavy atom. The molecule has 1 aliphatic rings. The number of hydrogen-bond acceptors (Lipinski definition) is 2. The zero-order chi connectivity index (χ0) is 14.7. The summed E-state index contributed by atoms with van der Waals surface area (Å²) < 4.78 is 0. The van der Waals surface area contributed by atoms with Crippen LogP contribution in [-0.2, 0) is 12.8 Å². The van der Waals surface area contributed by atoms with Crippen LogP contribution in [0.5, 0.6) is 0 Å². The summed E-state index contributed by atoms with van der Waals surface area (Å²) >= 11 is 0. The molecule has 1 unspecified atom stereocenters. The number of anilines is 2. The Morgan fingerprint density at radius 3 is 2.67 bits per heavy atom. The molecule has 2 N–H and O–H groups in total. The van der Waals surface area contributed by atoms with Gasteiger partial charge in [-0.05, 0) is 61.9 Å². The summed E-state index contributed by atoms with van der Waals surface area (Å²) in [7, 11) is 0. The van der Waals surface area contributed by atoms with E-state index in [9.17, 15) is 0 Å². The molecule has 1 aliphatic heterocycles. The monoisotopic (exact) mass is 280 g/mol. The molecular formula is C19H24N2. The van der Waals surface area contributed by atoms with E-state index in [0.717, 1.165) is 18.7 Å². The fourth-order valence-electron chi connectivity index (χ4n) is 3.24. The maximum atomic E-state index is 5.74. The first-order valence-electron chi connectivity index (χ1n) is 7.93. The van der Waals surface area contributed by atoms with Gasteiger partial charge in [0.2, 0.25) is 0 Å². The highest BCUT2D eigenvalue weighted by Gasteiger charge is 2.21. The van der Waals surface area contributed by atoms with Gasteiger partial charge in [0, 0.05) is 24.0 Å². The number of para-hydroxylation sites is 1. The topological polar surface area (TPSA) is 29.3 Å². The number of rotatable bonds is 4. The average Bonchev–Trinajstić information content (AvgIpc) is 2.51. The van der Waals surface area contributed by atoms with Crippen LogP contribution in [0.25, 0.3) is 0 Å². The molecule has 2 heteroatoms. The average molecular weight is 280 g/mol. The van der Waals surface area contributed by atoms with Crippen molar-refractivity contribution >= 4 is 11.4 Å². The molecule has 3 rings (SSSR count). The Morgan fingerprint density at radius 1 is 1.10 bits per heavy atom. The van der Waals surface area contributed by atoms with Gasteiger partial charge in [0.15, 0.2) is 0 Å². The Bertz CT molecular complexity index is 589. The minimum atomic E-state index is 0.645. The van der Waals surface area contributed by atoms with Gasteiger partial charge in [-0.2, -0.15) is 0 Å². The first kappa shape index (κ1) is 14.0. The van der Waals surface area contributed by atoms with E-state index in [2.05, 4.69) is 48.2 Å². The molecule has 0 saturated heterocycles. The molecule has 0 fully saturated rings. The quantitative estimate of drug-likeness (QED) is 0.856. The highest BCUT2D eigenvalue weighted by Crippen LogP contribution is 2.30. The summed E-state index contributed by atoms with van der Waals surface area (Å²) in [4.78, 5) is 2.58. The second-order valence-corrected chi connectivity index (χ2v) is 6.05. The number of fused-ring (bicyclic) bond motifs is 1. The van der Waals surface area contributed by atoms with Crippen molar-refractivity contribution in [2.75, 3.05) is 17.2 Å².